The monoisotopic (exact) mass is 800 g/mol. The van der Waals surface area contributed by atoms with E-state index in [0.29, 0.717) is 18.3 Å². The summed E-state index contributed by atoms with van der Waals surface area (Å²) >= 11 is 44.7. The summed E-state index contributed by atoms with van der Waals surface area (Å²) in [6.07, 6.45) is 0. The van der Waals surface area contributed by atoms with Crippen molar-refractivity contribution in [1.29, 1.82) is 0 Å². The molecular formula is C16H32S18. The van der Waals surface area contributed by atoms with Crippen molar-refractivity contribution in [3.8, 4) is 0 Å². The molecule has 0 amide bonds. The van der Waals surface area contributed by atoms with E-state index < -0.39 is 0 Å². The molecule has 0 N–H and O–H groups in total. The molecule has 0 aromatic heterocycles. The van der Waals surface area contributed by atoms with Crippen LogP contribution in [0.25, 0.3) is 0 Å². The molecule has 0 aromatic carbocycles. The van der Waals surface area contributed by atoms with E-state index in [1.165, 1.54) is 22.3 Å². The van der Waals surface area contributed by atoms with Gasteiger partial charge in [0.2, 0.25) is 0 Å². The Labute approximate surface area is 290 Å². The van der Waals surface area contributed by atoms with E-state index in [2.05, 4.69) is 122 Å². The fourth-order valence-electron chi connectivity index (χ4n) is 2.21. The molecule has 3 unspecified atom stereocenters. The first-order valence-corrected chi connectivity index (χ1v) is 27.0. The van der Waals surface area contributed by atoms with Crippen LogP contribution in [0.1, 0.15) is 0 Å². The largest absolute Gasteiger partial charge is 0.168 e. The quantitative estimate of drug-likeness (QED) is 0.0273. The molecule has 0 aliphatic carbocycles. The Kier molecular flexibility index (Phi) is 31.7. The second kappa shape index (κ2) is 28.1. The molecule has 0 nitrogen and oxygen atoms in total. The van der Waals surface area contributed by atoms with Crippen LogP contribution in [0.5, 0.6) is 0 Å². The van der Waals surface area contributed by atoms with Crippen molar-refractivity contribution >= 4 is 214 Å². The Morgan fingerprint density at radius 2 is 0.912 bits per heavy atom. The molecule has 1 fully saturated rings. The molecule has 1 aliphatic heterocycles. The van der Waals surface area contributed by atoms with Crippen molar-refractivity contribution in [2.75, 3.05) is 57.9 Å². The minimum absolute atomic E-state index is 0.489. The van der Waals surface area contributed by atoms with E-state index >= 15 is 0 Å². The fraction of sp³-hybridized carbons (Fsp3) is 1.00. The van der Waals surface area contributed by atoms with Crippen LogP contribution in [0.4, 0.5) is 0 Å². The standard InChI is InChI=1S/C16H32S18/c17-4-25-13(26-5-18)14(27-6-19)30-10-31-15(28-7-20)16(29-8-21)32-11-34-33-9-22-3-12-23-1-2-24-12/h12-21H,1-11H2. The molecule has 0 bridgehead atoms. The molecule has 1 aliphatic rings. The van der Waals surface area contributed by atoms with E-state index in [1.807, 2.05) is 92.2 Å². The molecule has 1 heterocycles. The van der Waals surface area contributed by atoms with Gasteiger partial charge >= 0.3 is 0 Å². The van der Waals surface area contributed by atoms with Crippen LogP contribution in [-0.4, -0.2) is 80.8 Å². The molecule has 204 valence electrons. The molecule has 0 radical (unpaired) electrons. The predicted molar refractivity (Wildman–Crippen MR) is 216 cm³/mol. The lowest BCUT2D eigenvalue weighted by atomic mass is 10.9. The van der Waals surface area contributed by atoms with Crippen molar-refractivity contribution in [3.05, 3.63) is 0 Å². The Balaban J connectivity index is 2.40. The summed E-state index contributed by atoms with van der Waals surface area (Å²) in [5.41, 5.74) is 0. The second-order valence-corrected chi connectivity index (χ2v) is 27.0. The predicted octanol–water partition coefficient (Wildman–Crippen LogP) is 10.4. The van der Waals surface area contributed by atoms with Crippen LogP contribution in [0.2, 0.25) is 0 Å². The molecule has 18 heteroatoms. The minimum atomic E-state index is 0.489. The van der Waals surface area contributed by atoms with Gasteiger partial charge in [0, 0.05) is 52.9 Å². The van der Waals surface area contributed by atoms with Crippen LogP contribution in [0, 0.1) is 0 Å². The maximum absolute atomic E-state index is 4.54. The maximum atomic E-state index is 4.54. The number of thiol groups is 5. The third-order valence-electron chi connectivity index (χ3n) is 3.54. The molecule has 34 heavy (non-hydrogen) atoms. The van der Waals surface area contributed by atoms with Crippen molar-refractivity contribution in [3.63, 3.8) is 0 Å². The van der Waals surface area contributed by atoms with Gasteiger partial charge in [-0.15, -0.1) is 129 Å². The summed E-state index contributed by atoms with van der Waals surface area (Å²) in [4.78, 5) is 0. The first kappa shape index (κ1) is 38.3. The highest BCUT2D eigenvalue weighted by Crippen LogP contribution is 2.46. The van der Waals surface area contributed by atoms with Gasteiger partial charge in [-0.25, -0.2) is 0 Å². The molecule has 0 aromatic rings. The molecule has 1 saturated heterocycles. The summed E-state index contributed by atoms with van der Waals surface area (Å²) in [5.74, 6) is 3.95. The molecular weight excluding hydrogens is 769 g/mol. The third-order valence-corrected chi connectivity index (χ3v) is 25.5. The normalized spacial score (nSPS) is 17.5. The average molecular weight is 802 g/mol. The topological polar surface area (TPSA) is 0 Å². The van der Waals surface area contributed by atoms with Gasteiger partial charge in [-0.3, -0.25) is 0 Å². The van der Waals surface area contributed by atoms with E-state index in [-0.39, 0.29) is 0 Å². The van der Waals surface area contributed by atoms with Crippen LogP contribution < -0.4 is 0 Å². The minimum Gasteiger partial charge on any atom is -0.168 e. The summed E-state index contributed by atoms with van der Waals surface area (Å²) < 4.78 is 2.85. The Morgan fingerprint density at radius 1 is 0.529 bits per heavy atom. The van der Waals surface area contributed by atoms with E-state index in [9.17, 15) is 0 Å². The first-order valence-electron chi connectivity index (χ1n) is 9.72. The summed E-state index contributed by atoms with van der Waals surface area (Å²) in [6.45, 7) is 0. The van der Waals surface area contributed by atoms with Gasteiger partial charge in [0.05, 0.1) is 28.0 Å². The molecule has 1 rings (SSSR count). The third kappa shape index (κ3) is 19.5. The van der Waals surface area contributed by atoms with E-state index in [4.69, 9.17) is 0 Å². The molecule has 0 saturated carbocycles. The molecule has 0 spiro atoms. The average Bonchev–Trinajstić information content (AvgIpc) is 3.35. The van der Waals surface area contributed by atoms with Crippen molar-refractivity contribution in [2.45, 2.75) is 22.9 Å². The lowest BCUT2D eigenvalue weighted by Crippen LogP contribution is -2.17. The lowest BCUT2D eigenvalue weighted by Gasteiger charge is -2.27. The van der Waals surface area contributed by atoms with Gasteiger partial charge in [-0.05, 0) is 0 Å². The fourth-order valence-corrected chi connectivity index (χ4v) is 25.4. The Bertz CT molecular complexity index is 434. The first-order chi connectivity index (χ1) is 16.7. The zero-order chi connectivity index (χ0) is 24.9. The number of hydrogen-bond acceptors (Lipinski definition) is 18. The smallest absolute Gasteiger partial charge is 0.0729 e. The highest BCUT2D eigenvalue weighted by molar-refractivity contribution is 8.79. The Hall–Kier alpha value is 6.30. The SMILES string of the molecule is SCSC(SCS)C(SCS)SCSC(SCS)C(SCS)SCSSCSCC1SCCS1. The highest BCUT2D eigenvalue weighted by atomic mass is 33.1. The second-order valence-electron chi connectivity index (χ2n) is 5.58. The van der Waals surface area contributed by atoms with Gasteiger partial charge in [0.15, 0.2) is 0 Å². The van der Waals surface area contributed by atoms with Gasteiger partial charge in [-0.1, -0.05) is 21.6 Å². The number of rotatable bonds is 24. The van der Waals surface area contributed by atoms with Crippen molar-refractivity contribution < 1.29 is 0 Å². The number of thioether (sulfide) groups is 11. The van der Waals surface area contributed by atoms with Gasteiger partial charge in [0.25, 0.3) is 0 Å². The Morgan fingerprint density at radius 3 is 1.35 bits per heavy atom. The maximum Gasteiger partial charge on any atom is 0.0729 e. The summed E-state index contributed by atoms with van der Waals surface area (Å²) in [5, 5.41) is 7.62. The highest BCUT2D eigenvalue weighted by Gasteiger charge is 2.26. The zero-order valence-electron chi connectivity index (χ0n) is 18.2. The number of hydrogen-bond donors (Lipinski definition) is 5. The summed E-state index contributed by atoms with van der Waals surface area (Å²) in [7, 11) is 4.02. The van der Waals surface area contributed by atoms with E-state index in [1.54, 1.807) is 0 Å². The summed E-state index contributed by atoms with van der Waals surface area (Å²) in [6, 6.07) is 0. The van der Waals surface area contributed by atoms with Gasteiger partial charge < -0.3 is 0 Å². The zero-order valence-corrected chi connectivity index (χ0v) is 33.3. The van der Waals surface area contributed by atoms with Crippen LogP contribution in [0.15, 0.2) is 0 Å². The van der Waals surface area contributed by atoms with Gasteiger partial charge in [0.1, 0.15) is 0 Å². The van der Waals surface area contributed by atoms with Crippen LogP contribution in [0.3, 0.4) is 0 Å². The van der Waals surface area contributed by atoms with E-state index in [0.717, 1.165) is 40.2 Å². The molecule has 3 atom stereocenters. The lowest BCUT2D eigenvalue weighted by molar-refractivity contribution is 1.35. The van der Waals surface area contributed by atoms with Crippen LogP contribution in [-0.2, 0) is 0 Å². The van der Waals surface area contributed by atoms with Crippen molar-refractivity contribution in [1.82, 2.24) is 0 Å². The van der Waals surface area contributed by atoms with Crippen molar-refractivity contribution in [2.24, 2.45) is 0 Å². The van der Waals surface area contributed by atoms with Crippen LogP contribution >= 0.6 is 214 Å². The van der Waals surface area contributed by atoms with Gasteiger partial charge in [-0.2, -0.15) is 63.1 Å².